The Kier molecular flexibility index (Phi) is 6.27. The third-order valence-corrected chi connectivity index (χ3v) is 5.37. The number of nitrogens with zero attached hydrogens (tertiary/aromatic N) is 2. The van der Waals surface area contributed by atoms with Gasteiger partial charge in [-0.1, -0.05) is 36.4 Å². The quantitative estimate of drug-likeness (QED) is 0.119. The third-order valence-electron chi connectivity index (χ3n) is 4.42. The number of aromatic nitrogens is 2. The predicted molar refractivity (Wildman–Crippen MR) is 112 cm³/mol. The number of nitrogens with two attached hydrogens (primary N) is 3. The molecule has 2 aromatic carbocycles. The summed E-state index contributed by atoms with van der Waals surface area (Å²) in [5.74, 6) is 6.14. The van der Waals surface area contributed by atoms with Crippen molar-refractivity contribution in [3.8, 4) is 11.1 Å². The van der Waals surface area contributed by atoms with E-state index in [2.05, 4.69) is 20.4 Å². The number of H-pyrrole nitrogens is 1. The summed E-state index contributed by atoms with van der Waals surface area (Å²) < 4.78 is 23.9. The van der Waals surface area contributed by atoms with Gasteiger partial charge in [-0.05, 0) is 22.8 Å². The minimum Gasteiger partial charge on any atom is -0.382 e. The van der Waals surface area contributed by atoms with Gasteiger partial charge in [0.2, 0.25) is 10.0 Å². The van der Waals surface area contributed by atoms with Crippen LogP contribution in [0.4, 0.5) is 0 Å². The normalized spacial score (nSPS) is 12.2. The van der Waals surface area contributed by atoms with E-state index in [1.165, 1.54) is 6.07 Å². The fourth-order valence-corrected chi connectivity index (χ4v) is 3.78. The summed E-state index contributed by atoms with van der Waals surface area (Å²) in [4.78, 5) is 7.13. The van der Waals surface area contributed by atoms with E-state index in [0.29, 0.717) is 12.1 Å². The zero-order valence-electron chi connectivity index (χ0n) is 15.7. The zero-order valence-corrected chi connectivity index (χ0v) is 16.5. The first-order valence-corrected chi connectivity index (χ1v) is 10.4. The maximum Gasteiger partial charge on any atom is 0.238 e. The van der Waals surface area contributed by atoms with Gasteiger partial charge in [0.25, 0.3) is 0 Å². The zero-order chi connectivity index (χ0) is 20.9. The number of sulfonamides is 1. The molecule has 0 amide bonds. The van der Waals surface area contributed by atoms with Crippen molar-refractivity contribution in [2.45, 2.75) is 17.9 Å². The minimum atomic E-state index is -3.99. The Morgan fingerprint density at radius 2 is 1.93 bits per heavy atom. The maximum atomic E-state index is 12.0. The van der Waals surface area contributed by atoms with Crippen LogP contribution in [0, 0.1) is 0 Å². The number of aromatic amines is 1. The summed E-state index contributed by atoms with van der Waals surface area (Å²) in [5, 5.41) is 12.2. The highest BCUT2D eigenvalue weighted by Crippen LogP contribution is 2.28. The number of hydrogen-bond acceptors (Lipinski definition) is 6. The van der Waals surface area contributed by atoms with Gasteiger partial charge in [0.1, 0.15) is 5.82 Å². The van der Waals surface area contributed by atoms with Gasteiger partial charge in [-0.2, -0.15) is 5.10 Å². The van der Waals surface area contributed by atoms with Crippen molar-refractivity contribution in [3.05, 3.63) is 71.8 Å². The molecule has 3 rings (SSSR count). The first kappa shape index (κ1) is 20.5. The molecule has 9 nitrogen and oxygen atoms in total. The first-order valence-electron chi connectivity index (χ1n) is 8.88. The molecule has 1 heterocycles. The summed E-state index contributed by atoms with van der Waals surface area (Å²) in [6.07, 6.45) is 4.34. The lowest BCUT2D eigenvalue weighted by Gasteiger charge is -2.13. The number of hydrazone groups is 1. The highest BCUT2D eigenvalue weighted by atomic mass is 32.2. The molecule has 0 radical (unpaired) electrons. The van der Waals surface area contributed by atoms with E-state index < -0.39 is 10.0 Å². The summed E-state index contributed by atoms with van der Waals surface area (Å²) in [5.41, 5.74) is 8.50. The number of rotatable bonds is 8. The fourth-order valence-electron chi connectivity index (χ4n) is 3.01. The lowest BCUT2D eigenvalue weighted by Crippen LogP contribution is -2.23. The van der Waals surface area contributed by atoms with Crippen LogP contribution in [0.25, 0.3) is 11.1 Å². The molecule has 0 aliphatic carbocycles. The van der Waals surface area contributed by atoms with Crippen molar-refractivity contribution in [2.24, 2.45) is 21.8 Å². The minimum absolute atomic E-state index is 0.103. The summed E-state index contributed by atoms with van der Waals surface area (Å²) in [6.45, 7) is 1.48. The van der Waals surface area contributed by atoms with Crippen molar-refractivity contribution < 1.29 is 8.42 Å². The van der Waals surface area contributed by atoms with E-state index >= 15 is 0 Å². The van der Waals surface area contributed by atoms with E-state index in [0.717, 1.165) is 29.9 Å². The van der Waals surface area contributed by atoms with Gasteiger partial charge < -0.3 is 21.9 Å². The van der Waals surface area contributed by atoms with E-state index in [1.807, 2.05) is 24.3 Å². The Balaban J connectivity index is 1.79. The highest BCUT2D eigenvalue weighted by Gasteiger charge is 2.20. The van der Waals surface area contributed by atoms with Crippen LogP contribution >= 0.6 is 0 Å². The Hall–Kier alpha value is -3.21. The van der Waals surface area contributed by atoms with Crippen molar-refractivity contribution in [2.75, 3.05) is 6.54 Å². The molecule has 0 spiro atoms. The number of primary sulfonamides is 1. The van der Waals surface area contributed by atoms with Crippen LogP contribution in [0.3, 0.4) is 0 Å². The second-order valence-electron chi connectivity index (χ2n) is 6.40. The topological polar surface area (TPSA) is 165 Å². The predicted octanol–water partition coefficient (Wildman–Crippen LogP) is 0.635. The van der Waals surface area contributed by atoms with Gasteiger partial charge in [0.15, 0.2) is 5.84 Å². The number of benzene rings is 2. The van der Waals surface area contributed by atoms with Crippen LogP contribution in [-0.4, -0.2) is 30.8 Å². The van der Waals surface area contributed by atoms with Crippen molar-refractivity contribution in [1.29, 1.82) is 0 Å². The van der Waals surface area contributed by atoms with Crippen LogP contribution in [0.5, 0.6) is 0 Å². The number of amidine groups is 1. The maximum absolute atomic E-state index is 12.0. The van der Waals surface area contributed by atoms with Crippen LogP contribution in [0.15, 0.2) is 64.9 Å². The Bertz CT molecular complexity index is 1090. The molecule has 10 heteroatoms. The molecule has 3 aromatic rings. The van der Waals surface area contributed by atoms with Crippen LogP contribution < -0.4 is 22.0 Å². The molecule has 0 bridgehead atoms. The second kappa shape index (κ2) is 8.86. The van der Waals surface area contributed by atoms with Gasteiger partial charge in [-0.15, -0.1) is 0 Å². The number of hydrogen-bond donors (Lipinski definition) is 5. The lowest BCUT2D eigenvalue weighted by atomic mass is 9.98. The van der Waals surface area contributed by atoms with Crippen LogP contribution in [-0.2, 0) is 23.0 Å². The van der Waals surface area contributed by atoms with Crippen molar-refractivity contribution >= 4 is 15.9 Å². The van der Waals surface area contributed by atoms with Gasteiger partial charge in [0, 0.05) is 37.5 Å². The average Bonchev–Trinajstić information content (AvgIpc) is 3.23. The molecular weight excluding hydrogens is 390 g/mol. The number of nitrogens with one attached hydrogen (secondary N) is 2. The van der Waals surface area contributed by atoms with E-state index in [1.54, 1.807) is 24.5 Å². The van der Waals surface area contributed by atoms with Gasteiger partial charge in [-0.25, -0.2) is 18.5 Å². The average molecular weight is 414 g/mol. The Labute approximate surface area is 169 Å². The van der Waals surface area contributed by atoms with Crippen molar-refractivity contribution in [1.82, 2.24) is 15.3 Å². The number of imidazole rings is 1. The molecule has 0 unspecified atom stereocenters. The smallest absolute Gasteiger partial charge is 0.238 e. The van der Waals surface area contributed by atoms with Crippen LogP contribution in [0.2, 0.25) is 0 Å². The molecule has 152 valence electrons. The highest BCUT2D eigenvalue weighted by molar-refractivity contribution is 7.89. The molecule has 8 N–H and O–H groups in total. The molecule has 0 saturated heterocycles. The second-order valence-corrected chi connectivity index (χ2v) is 7.93. The van der Waals surface area contributed by atoms with E-state index in [9.17, 15) is 8.42 Å². The largest absolute Gasteiger partial charge is 0.382 e. The molecule has 0 aliphatic rings. The molecule has 0 aliphatic heterocycles. The van der Waals surface area contributed by atoms with E-state index in [4.69, 9.17) is 16.7 Å². The molecular formula is C19H23N7O2S. The molecule has 0 saturated carbocycles. The summed E-state index contributed by atoms with van der Waals surface area (Å²) >= 11 is 0. The van der Waals surface area contributed by atoms with Crippen LogP contribution in [0.1, 0.15) is 17.0 Å². The van der Waals surface area contributed by atoms with Gasteiger partial charge >= 0.3 is 0 Å². The molecule has 1 aromatic heterocycles. The molecule has 0 fully saturated rings. The SMILES string of the molecule is N/N=C(\N)c1c(-c2ccc(CNCCc3ncc[nH]3)cc2)cccc1S(N)(=O)=O. The monoisotopic (exact) mass is 413 g/mol. The van der Waals surface area contributed by atoms with Crippen molar-refractivity contribution in [3.63, 3.8) is 0 Å². The Morgan fingerprint density at radius 1 is 1.17 bits per heavy atom. The Morgan fingerprint density at radius 3 is 2.55 bits per heavy atom. The first-order chi connectivity index (χ1) is 13.9. The third kappa shape index (κ3) is 4.99. The molecule has 0 atom stereocenters. The van der Waals surface area contributed by atoms with Gasteiger partial charge in [0.05, 0.1) is 4.90 Å². The van der Waals surface area contributed by atoms with Gasteiger partial charge in [-0.3, -0.25) is 0 Å². The fraction of sp³-hybridized carbons (Fsp3) is 0.158. The lowest BCUT2D eigenvalue weighted by molar-refractivity contribution is 0.597. The standard InChI is InChI=1S/C19H23N7O2S/c20-19(26-21)18-15(2-1-3-16(18)29(22,27)28)14-6-4-13(5-7-14)12-23-9-8-17-24-10-11-25-17/h1-7,10-11,23H,8-9,12,21H2,(H2,20,26)(H,24,25)(H2,22,27,28). The summed E-state index contributed by atoms with van der Waals surface area (Å²) in [6, 6.07) is 12.4. The van der Waals surface area contributed by atoms with E-state index in [-0.39, 0.29) is 16.3 Å². The summed E-state index contributed by atoms with van der Waals surface area (Å²) in [7, 11) is -3.99. The molecule has 29 heavy (non-hydrogen) atoms.